The predicted octanol–water partition coefficient (Wildman–Crippen LogP) is 3.60. The van der Waals surface area contributed by atoms with Gasteiger partial charge in [0.05, 0.1) is 13.0 Å². The van der Waals surface area contributed by atoms with Gasteiger partial charge in [-0.2, -0.15) is 0 Å². The fourth-order valence-electron chi connectivity index (χ4n) is 1.98. The summed E-state index contributed by atoms with van der Waals surface area (Å²) in [6.45, 7) is 7.94. The summed E-state index contributed by atoms with van der Waals surface area (Å²) in [5.41, 5.74) is 1.67. The molecule has 106 valence electrons. The Morgan fingerprint density at radius 3 is 2.90 bits per heavy atom. The van der Waals surface area contributed by atoms with E-state index < -0.39 is 0 Å². The molecule has 0 spiro atoms. The number of carbonyl (C=O) groups excluding carboxylic acids is 1. The zero-order valence-corrected chi connectivity index (χ0v) is 12.3. The van der Waals surface area contributed by atoms with Crippen molar-refractivity contribution in [1.29, 1.82) is 0 Å². The van der Waals surface area contributed by atoms with Crippen LogP contribution in [-0.4, -0.2) is 22.7 Å². The Hall–Kier alpha value is -1.88. The van der Waals surface area contributed by atoms with E-state index in [0.717, 1.165) is 26.4 Å². The largest absolute Gasteiger partial charge is 0.508 e. The highest BCUT2D eigenvalue weighted by Gasteiger charge is 2.16. The maximum absolute atomic E-state index is 11.7. The average Bonchev–Trinajstić information content (AvgIpc) is 2.67. The standard InChI is InChI=1S/C15H17NO3S/c1-4-19-14(18)8-13-15(20-9(2)3)11-7-10(17)5-6-12(11)16-13/h5-7,16-17H,2,4,8H2,1,3H3. The number of allylic oxidation sites excluding steroid dienone is 1. The van der Waals surface area contributed by atoms with Crippen molar-refractivity contribution in [1.82, 2.24) is 4.98 Å². The van der Waals surface area contributed by atoms with Gasteiger partial charge >= 0.3 is 5.97 Å². The van der Waals surface area contributed by atoms with E-state index >= 15 is 0 Å². The Labute approximate surface area is 121 Å². The lowest BCUT2D eigenvalue weighted by Crippen LogP contribution is -2.08. The second kappa shape index (κ2) is 6.05. The van der Waals surface area contributed by atoms with E-state index in [1.807, 2.05) is 6.92 Å². The molecule has 20 heavy (non-hydrogen) atoms. The van der Waals surface area contributed by atoms with E-state index in [1.165, 1.54) is 11.8 Å². The van der Waals surface area contributed by atoms with Crippen LogP contribution < -0.4 is 0 Å². The van der Waals surface area contributed by atoms with Crippen LogP contribution in [0.4, 0.5) is 0 Å². The molecule has 0 bridgehead atoms. The normalized spacial score (nSPS) is 10.7. The van der Waals surface area contributed by atoms with Crippen LogP contribution in [0, 0.1) is 0 Å². The van der Waals surface area contributed by atoms with Gasteiger partial charge in [0.25, 0.3) is 0 Å². The molecule has 0 saturated heterocycles. The summed E-state index contributed by atoms with van der Waals surface area (Å²) in [6.07, 6.45) is 0.179. The number of fused-ring (bicyclic) bond motifs is 1. The van der Waals surface area contributed by atoms with Gasteiger partial charge in [-0.15, -0.1) is 0 Å². The van der Waals surface area contributed by atoms with E-state index in [1.54, 1.807) is 25.1 Å². The summed E-state index contributed by atoms with van der Waals surface area (Å²) in [4.78, 5) is 16.7. The van der Waals surface area contributed by atoms with Gasteiger partial charge in [-0.25, -0.2) is 0 Å². The molecule has 0 aliphatic heterocycles. The van der Waals surface area contributed by atoms with Crippen molar-refractivity contribution in [3.63, 3.8) is 0 Å². The minimum Gasteiger partial charge on any atom is -0.508 e. The van der Waals surface area contributed by atoms with Crippen LogP contribution in [0.15, 0.2) is 34.6 Å². The van der Waals surface area contributed by atoms with Crippen LogP contribution in [0.3, 0.4) is 0 Å². The van der Waals surface area contributed by atoms with E-state index in [0.29, 0.717) is 6.61 Å². The van der Waals surface area contributed by atoms with Gasteiger partial charge in [-0.05, 0) is 37.0 Å². The second-order valence-corrected chi connectivity index (χ2v) is 5.76. The fraction of sp³-hybridized carbons (Fsp3) is 0.267. The van der Waals surface area contributed by atoms with Crippen LogP contribution in [0.2, 0.25) is 0 Å². The van der Waals surface area contributed by atoms with Gasteiger partial charge in [0.15, 0.2) is 0 Å². The van der Waals surface area contributed by atoms with E-state index in [2.05, 4.69) is 11.6 Å². The summed E-state index contributed by atoms with van der Waals surface area (Å²) in [5.74, 6) is -0.0745. The minimum atomic E-state index is -0.271. The maximum atomic E-state index is 11.7. The van der Waals surface area contributed by atoms with Crippen LogP contribution in [0.25, 0.3) is 10.9 Å². The van der Waals surface area contributed by atoms with Gasteiger partial charge in [-0.3, -0.25) is 4.79 Å². The van der Waals surface area contributed by atoms with Crippen molar-refractivity contribution < 1.29 is 14.6 Å². The number of phenolic OH excluding ortho intramolecular Hbond substituents is 1. The van der Waals surface area contributed by atoms with Crippen LogP contribution in [0.1, 0.15) is 19.5 Å². The SMILES string of the molecule is C=C(C)Sc1c(CC(=O)OCC)[nH]c2ccc(O)cc12. The predicted molar refractivity (Wildman–Crippen MR) is 81.0 cm³/mol. The number of thioether (sulfide) groups is 1. The number of esters is 1. The maximum Gasteiger partial charge on any atom is 0.311 e. The van der Waals surface area contributed by atoms with Crippen molar-refractivity contribution >= 4 is 28.6 Å². The Bertz CT molecular complexity index is 660. The summed E-state index contributed by atoms with van der Waals surface area (Å²) in [5, 5.41) is 10.5. The molecule has 0 atom stereocenters. The molecule has 4 nitrogen and oxygen atoms in total. The zero-order chi connectivity index (χ0) is 14.7. The topological polar surface area (TPSA) is 62.3 Å². The fourth-order valence-corrected chi connectivity index (χ4v) is 2.86. The molecule has 0 saturated carbocycles. The van der Waals surface area contributed by atoms with Crippen molar-refractivity contribution in [2.75, 3.05) is 6.61 Å². The lowest BCUT2D eigenvalue weighted by molar-refractivity contribution is -0.142. The molecule has 0 fully saturated rings. The van der Waals surface area contributed by atoms with Crippen molar-refractivity contribution in [2.24, 2.45) is 0 Å². The third kappa shape index (κ3) is 3.17. The molecular weight excluding hydrogens is 274 g/mol. The smallest absolute Gasteiger partial charge is 0.311 e. The first-order valence-electron chi connectivity index (χ1n) is 6.33. The number of nitrogens with one attached hydrogen (secondary N) is 1. The first-order chi connectivity index (χ1) is 9.51. The van der Waals surface area contributed by atoms with Crippen molar-refractivity contribution in [3.05, 3.63) is 35.4 Å². The second-order valence-electron chi connectivity index (χ2n) is 4.45. The minimum absolute atomic E-state index is 0.179. The number of ether oxygens (including phenoxy) is 1. The monoisotopic (exact) mass is 291 g/mol. The number of aromatic hydroxyl groups is 1. The zero-order valence-electron chi connectivity index (χ0n) is 11.5. The number of hydrogen-bond acceptors (Lipinski definition) is 4. The lowest BCUT2D eigenvalue weighted by atomic mass is 10.2. The number of phenols is 1. The van der Waals surface area contributed by atoms with Gasteiger partial charge in [0, 0.05) is 21.5 Å². The molecule has 0 amide bonds. The van der Waals surface area contributed by atoms with Gasteiger partial charge in [0.1, 0.15) is 5.75 Å². The van der Waals surface area contributed by atoms with Crippen molar-refractivity contribution in [3.8, 4) is 5.75 Å². The number of carbonyl (C=O) groups is 1. The van der Waals surface area contributed by atoms with Crippen molar-refractivity contribution in [2.45, 2.75) is 25.2 Å². The number of H-pyrrole nitrogens is 1. The van der Waals surface area contributed by atoms with Gasteiger partial charge < -0.3 is 14.8 Å². The highest BCUT2D eigenvalue weighted by Crippen LogP contribution is 2.37. The molecule has 0 radical (unpaired) electrons. The van der Waals surface area contributed by atoms with Crippen LogP contribution in [-0.2, 0) is 16.0 Å². The molecule has 0 aliphatic rings. The number of rotatable bonds is 5. The highest BCUT2D eigenvalue weighted by molar-refractivity contribution is 8.03. The summed E-state index contributed by atoms with van der Waals surface area (Å²) >= 11 is 1.49. The molecule has 2 rings (SSSR count). The Morgan fingerprint density at radius 1 is 1.50 bits per heavy atom. The Morgan fingerprint density at radius 2 is 2.25 bits per heavy atom. The molecule has 1 aromatic heterocycles. The number of benzene rings is 1. The molecule has 2 aromatic rings. The summed E-state index contributed by atoms with van der Waals surface area (Å²) < 4.78 is 4.99. The average molecular weight is 291 g/mol. The molecule has 1 aromatic carbocycles. The van der Waals surface area contributed by atoms with E-state index in [9.17, 15) is 9.90 Å². The highest BCUT2D eigenvalue weighted by atomic mass is 32.2. The number of aromatic nitrogens is 1. The van der Waals surface area contributed by atoms with E-state index in [4.69, 9.17) is 4.74 Å². The molecule has 0 aliphatic carbocycles. The van der Waals surface area contributed by atoms with E-state index in [-0.39, 0.29) is 18.1 Å². The summed E-state index contributed by atoms with van der Waals surface area (Å²) in [6, 6.07) is 5.09. The van der Waals surface area contributed by atoms with Crippen LogP contribution >= 0.6 is 11.8 Å². The Balaban J connectivity index is 2.46. The third-order valence-electron chi connectivity index (χ3n) is 2.71. The third-order valence-corrected chi connectivity index (χ3v) is 3.73. The lowest BCUT2D eigenvalue weighted by Gasteiger charge is -2.04. The molecule has 1 heterocycles. The quantitative estimate of drug-likeness (QED) is 0.652. The molecule has 0 unspecified atom stereocenters. The molecular formula is C15H17NO3S. The first-order valence-corrected chi connectivity index (χ1v) is 7.15. The van der Waals surface area contributed by atoms with Gasteiger partial charge in [-0.1, -0.05) is 18.3 Å². The Kier molecular flexibility index (Phi) is 4.39. The molecule has 2 N–H and O–H groups in total. The van der Waals surface area contributed by atoms with Gasteiger partial charge in [0.2, 0.25) is 0 Å². The summed E-state index contributed by atoms with van der Waals surface area (Å²) in [7, 11) is 0. The molecule has 5 heteroatoms. The first kappa shape index (κ1) is 14.5. The number of hydrogen-bond donors (Lipinski definition) is 2. The number of aromatic amines is 1. The van der Waals surface area contributed by atoms with Crippen LogP contribution in [0.5, 0.6) is 5.75 Å².